The second-order valence-corrected chi connectivity index (χ2v) is 7.04. The molecule has 0 bridgehead atoms. The van der Waals surface area contributed by atoms with Crippen LogP contribution in [0.5, 0.6) is 0 Å². The molecule has 0 spiro atoms. The molecule has 1 aromatic heterocycles. The van der Waals surface area contributed by atoms with Crippen LogP contribution in [0.1, 0.15) is 50.8 Å². The maximum atomic E-state index is 3.51. The van der Waals surface area contributed by atoms with E-state index in [1.165, 1.54) is 16.2 Å². The Balaban J connectivity index is 2.36. The van der Waals surface area contributed by atoms with Crippen LogP contribution in [0.25, 0.3) is 0 Å². The van der Waals surface area contributed by atoms with Gasteiger partial charge < -0.3 is 5.32 Å². The number of hydrogen-bond donors (Lipinski definition) is 1. The molecule has 0 aromatic carbocycles. The van der Waals surface area contributed by atoms with Gasteiger partial charge in [-0.1, -0.05) is 34.6 Å². The molecule has 0 atom stereocenters. The molecule has 2 heteroatoms. The largest absolute Gasteiger partial charge is 0.312 e. The van der Waals surface area contributed by atoms with E-state index in [1.54, 1.807) is 0 Å². The Hall–Kier alpha value is -0.340. The summed E-state index contributed by atoms with van der Waals surface area (Å²) >= 11 is 1.94. The van der Waals surface area contributed by atoms with Gasteiger partial charge >= 0.3 is 0 Å². The third kappa shape index (κ3) is 4.67. The van der Waals surface area contributed by atoms with Crippen molar-refractivity contribution in [1.29, 1.82) is 0 Å². The summed E-state index contributed by atoms with van der Waals surface area (Å²) in [5, 5.41) is 3.51. The first-order valence-electron chi connectivity index (χ1n) is 6.19. The molecule has 0 unspecified atom stereocenters. The van der Waals surface area contributed by atoms with Crippen LogP contribution in [-0.4, -0.2) is 6.54 Å². The van der Waals surface area contributed by atoms with E-state index in [0.717, 1.165) is 19.0 Å². The van der Waals surface area contributed by atoms with Crippen LogP contribution < -0.4 is 5.32 Å². The molecular weight excluding hydrogens is 214 g/mol. The van der Waals surface area contributed by atoms with Crippen LogP contribution in [0.3, 0.4) is 0 Å². The van der Waals surface area contributed by atoms with E-state index >= 15 is 0 Å². The third-order valence-electron chi connectivity index (χ3n) is 2.60. The van der Waals surface area contributed by atoms with Gasteiger partial charge in [-0.05, 0) is 36.4 Å². The summed E-state index contributed by atoms with van der Waals surface area (Å²) in [5.74, 6) is 0.793. The highest BCUT2D eigenvalue weighted by Crippen LogP contribution is 2.29. The molecule has 0 aliphatic carbocycles. The van der Waals surface area contributed by atoms with Crippen molar-refractivity contribution in [2.75, 3.05) is 6.54 Å². The minimum atomic E-state index is 0.293. The number of nitrogens with one attached hydrogen (secondary N) is 1. The van der Waals surface area contributed by atoms with E-state index in [1.807, 2.05) is 11.3 Å². The minimum Gasteiger partial charge on any atom is -0.312 e. The zero-order valence-electron chi connectivity index (χ0n) is 11.3. The van der Waals surface area contributed by atoms with Gasteiger partial charge in [0.05, 0.1) is 0 Å². The van der Waals surface area contributed by atoms with Crippen molar-refractivity contribution < 1.29 is 0 Å². The predicted molar refractivity (Wildman–Crippen MR) is 74.2 cm³/mol. The summed E-state index contributed by atoms with van der Waals surface area (Å²) in [6.07, 6.45) is 1.26. The summed E-state index contributed by atoms with van der Waals surface area (Å²) < 4.78 is 0. The monoisotopic (exact) mass is 239 g/mol. The average molecular weight is 239 g/mol. The molecule has 16 heavy (non-hydrogen) atoms. The highest BCUT2D eigenvalue weighted by Gasteiger charge is 2.15. The molecule has 0 saturated heterocycles. The fourth-order valence-corrected chi connectivity index (χ4v) is 2.51. The van der Waals surface area contributed by atoms with Crippen molar-refractivity contribution in [3.63, 3.8) is 0 Å². The molecule has 1 rings (SSSR count). The summed E-state index contributed by atoms with van der Waals surface area (Å²) in [5.41, 5.74) is 0.293. The van der Waals surface area contributed by atoms with Gasteiger partial charge in [-0.3, -0.25) is 0 Å². The van der Waals surface area contributed by atoms with Gasteiger partial charge in [0.1, 0.15) is 0 Å². The second kappa shape index (κ2) is 5.83. The lowest BCUT2D eigenvalue weighted by Gasteiger charge is -2.15. The summed E-state index contributed by atoms with van der Waals surface area (Å²) in [6, 6.07) is 4.53. The molecule has 1 N–H and O–H groups in total. The van der Waals surface area contributed by atoms with Gasteiger partial charge in [-0.15, -0.1) is 11.3 Å². The fraction of sp³-hybridized carbons (Fsp3) is 0.714. The lowest BCUT2D eigenvalue weighted by Crippen LogP contribution is -2.15. The molecule has 0 aliphatic heterocycles. The molecule has 0 saturated carbocycles. The Bertz CT molecular complexity index is 307. The van der Waals surface area contributed by atoms with Crippen LogP contribution >= 0.6 is 11.3 Å². The van der Waals surface area contributed by atoms with Crippen LogP contribution in [-0.2, 0) is 12.0 Å². The normalized spacial score (nSPS) is 12.4. The summed E-state index contributed by atoms with van der Waals surface area (Å²) in [7, 11) is 0. The Labute approximate surface area is 104 Å². The molecular formula is C14H25NS. The van der Waals surface area contributed by atoms with Crippen molar-refractivity contribution in [1.82, 2.24) is 5.32 Å². The van der Waals surface area contributed by atoms with E-state index in [9.17, 15) is 0 Å². The van der Waals surface area contributed by atoms with Gasteiger partial charge in [0.2, 0.25) is 0 Å². The van der Waals surface area contributed by atoms with Gasteiger partial charge in [-0.2, -0.15) is 0 Å². The quantitative estimate of drug-likeness (QED) is 0.760. The summed E-state index contributed by atoms with van der Waals surface area (Å²) in [4.78, 5) is 2.93. The summed E-state index contributed by atoms with van der Waals surface area (Å²) in [6.45, 7) is 13.5. The van der Waals surface area contributed by atoms with Gasteiger partial charge in [0.15, 0.2) is 0 Å². The Morgan fingerprint density at radius 3 is 2.44 bits per heavy atom. The maximum absolute atomic E-state index is 3.51. The Morgan fingerprint density at radius 1 is 1.25 bits per heavy atom. The Morgan fingerprint density at radius 2 is 1.94 bits per heavy atom. The number of rotatable bonds is 5. The first kappa shape index (κ1) is 13.7. The maximum Gasteiger partial charge on any atom is 0.0299 e. The third-order valence-corrected chi connectivity index (χ3v) is 4.11. The van der Waals surface area contributed by atoms with Crippen molar-refractivity contribution >= 4 is 11.3 Å². The molecule has 0 fully saturated rings. The number of thiophene rings is 1. The molecule has 1 nitrogen and oxygen atoms in total. The number of hydrogen-bond acceptors (Lipinski definition) is 2. The Kier molecular flexibility index (Phi) is 5.00. The minimum absolute atomic E-state index is 0.293. The highest BCUT2D eigenvalue weighted by atomic mass is 32.1. The highest BCUT2D eigenvalue weighted by molar-refractivity contribution is 7.12. The first-order valence-corrected chi connectivity index (χ1v) is 7.01. The van der Waals surface area contributed by atoms with E-state index in [4.69, 9.17) is 0 Å². The topological polar surface area (TPSA) is 12.0 Å². The molecule has 1 heterocycles. The van der Waals surface area contributed by atoms with E-state index < -0.39 is 0 Å². The molecule has 0 aliphatic rings. The van der Waals surface area contributed by atoms with Crippen molar-refractivity contribution in [2.24, 2.45) is 5.92 Å². The lowest BCUT2D eigenvalue weighted by atomic mass is 9.95. The van der Waals surface area contributed by atoms with Crippen LogP contribution in [0.2, 0.25) is 0 Å². The van der Waals surface area contributed by atoms with Crippen LogP contribution in [0, 0.1) is 5.92 Å². The first-order chi connectivity index (χ1) is 7.39. The average Bonchev–Trinajstić information content (AvgIpc) is 2.59. The van der Waals surface area contributed by atoms with Crippen molar-refractivity contribution in [3.05, 3.63) is 21.9 Å². The van der Waals surface area contributed by atoms with Crippen molar-refractivity contribution in [3.8, 4) is 0 Å². The van der Waals surface area contributed by atoms with E-state index in [2.05, 4.69) is 52.1 Å². The SMILES string of the molecule is CC(C)CCNCc1ccc(C(C)(C)C)s1. The predicted octanol–water partition coefficient (Wildman–Crippen LogP) is 4.18. The van der Waals surface area contributed by atoms with Crippen LogP contribution in [0.4, 0.5) is 0 Å². The zero-order valence-corrected chi connectivity index (χ0v) is 12.1. The molecule has 0 radical (unpaired) electrons. The van der Waals surface area contributed by atoms with Gasteiger partial charge in [-0.25, -0.2) is 0 Å². The fourth-order valence-electron chi connectivity index (χ4n) is 1.48. The zero-order chi connectivity index (χ0) is 12.2. The molecule has 92 valence electrons. The van der Waals surface area contributed by atoms with Crippen LogP contribution in [0.15, 0.2) is 12.1 Å². The van der Waals surface area contributed by atoms with Gasteiger partial charge in [0.25, 0.3) is 0 Å². The van der Waals surface area contributed by atoms with Crippen molar-refractivity contribution in [2.45, 2.75) is 53.0 Å². The van der Waals surface area contributed by atoms with E-state index in [0.29, 0.717) is 5.41 Å². The van der Waals surface area contributed by atoms with E-state index in [-0.39, 0.29) is 0 Å². The molecule has 0 amide bonds. The van der Waals surface area contributed by atoms with Gasteiger partial charge in [0, 0.05) is 16.3 Å². The second-order valence-electron chi connectivity index (χ2n) is 5.88. The standard InChI is InChI=1S/C14H25NS/c1-11(2)8-9-15-10-12-6-7-13(16-12)14(3,4)5/h6-7,11,15H,8-10H2,1-5H3. The smallest absolute Gasteiger partial charge is 0.0299 e. The molecule has 1 aromatic rings. The lowest BCUT2D eigenvalue weighted by molar-refractivity contribution is 0.539.